The van der Waals surface area contributed by atoms with Gasteiger partial charge in [-0.15, -0.1) is 0 Å². The van der Waals surface area contributed by atoms with Crippen molar-refractivity contribution in [2.75, 3.05) is 43.0 Å². The third-order valence-electron chi connectivity index (χ3n) is 4.73. The maximum atomic E-state index is 12.5. The Morgan fingerprint density at radius 3 is 2.52 bits per heavy atom. The molecule has 0 N–H and O–H groups in total. The number of fused-ring (bicyclic) bond motifs is 1. The number of benzene rings is 1. The first-order valence-electron chi connectivity index (χ1n) is 8.35. The second-order valence-corrected chi connectivity index (χ2v) is 6.29. The molecule has 25 heavy (non-hydrogen) atoms. The largest absolute Gasteiger partial charge is 0.337 e. The van der Waals surface area contributed by atoms with E-state index in [1.165, 1.54) is 0 Å². The highest BCUT2D eigenvalue weighted by Crippen LogP contribution is 2.26. The number of hydrogen-bond donors (Lipinski definition) is 0. The zero-order valence-corrected chi connectivity index (χ0v) is 14.1. The minimum atomic E-state index is 0.0414. The summed E-state index contributed by atoms with van der Waals surface area (Å²) in [5, 5.41) is 0. The molecule has 7 nitrogen and oxygen atoms in total. The Morgan fingerprint density at radius 1 is 1.08 bits per heavy atom. The number of hydrogen-bond acceptors (Lipinski definition) is 5. The molecule has 2 aliphatic rings. The lowest BCUT2D eigenvalue weighted by Crippen LogP contribution is -2.49. The van der Waals surface area contributed by atoms with Gasteiger partial charge in [0.15, 0.2) is 0 Å². The quantitative estimate of drug-likeness (QED) is 0.816. The number of carbonyl (C=O) groups excluding carboxylic acids is 2. The van der Waals surface area contributed by atoms with Crippen LogP contribution in [0.1, 0.15) is 15.9 Å². The van der Waals surface area contributed by atoms with Gasteiger partial charge in [0.1, 0.15) is 5.82 Å². The van der Waals surface area contributed by atoms with E-state index in [4.69, 9.17) is 0 Å². The van der Waals surface area contributed by atoms with E-state index in [2.05, 4.69) is 14.9 Å². The van der Waals surface area contributed by atoms with Crippen molar-refractivity contribution in [3.8, 4) is 0 Å². The number of amides is 2. The molecule has 0 unspecified atom stereocenters. The fraction of sp³-hybridized carbons (Fsp3) is 0.333. The van der Waals surface area contributed by atoms with E-state index in [0.717, 1.165) is 5.56 Å². The van der Waals surface area contributed by atoms with Crippen LogP contribution in [0.15, 0.2) is 36.5 Å². The molecule has 1 aromatic heterocycles. The molecule has 0 radical (unpaired) electrons. The van der Waals surface area contributed by atoms with E-state index in [1.54, 1.807) is 18.1 Å². The summed E-state index contributed by atoms with van der Waals surface area (Å²) in [6, 6.07) is 9.33. The van der Waals surface area contributed by atoms with E-state index in [1.807, 2.05) is 35.2 Å². The standard InChI is InChI=1S/C18H19N5O2/c1-21-15(24)11-14-12-19-18(20-16(14)21)23-9-7-22(8-10-23)17(25)13-5-3-2-4-6-13/h2-6,12H,7-11H2,1H3. The van der Waals surface area contributed by atoms with Crippen molar-refractivity contribution in [1.29, 1.82) is 0 Å². The van der Waals surface area contributed by atoms with Crippen LogP contribution in [0.4, 0.5) is 11.8 Å². The fourth-order valence-corrected chi connectivity index (χ4v) is 3.23. The Labute approximate surface area is 145 Å². The van der Waals surface area contributed by atoms with Crippen LogP contribution in [0.3, 0.4) is 0 Å². The number of anilines is 2. The fourth-order valence-electron chi connectivity index (χ4n) is 3.23. The second kappa shape index (κ2) is 6.16. The summed E-state index contributed by atoms with van der Waals surface area (Å²) >= 11 is 0. The Kier molecular flexibility index (Phi) is 3.83. The number of nitrogens with zero attached hydrogens (tertiary/aromatic N) is 5. The van der Waals surface area contributed by atoms with Crippen molar-refractivity contribution in [2.45, 2.75) is 6.42 Å². The van der Waals surface area contributed by atoms with E-state index >= 15 is 0 Å². The zero-order valence-electron chi connectivity index (χ0n) is 14.1. The first-order valence-corrected chi connectivity index (χ1v) is 8.35. The Morgan fingerprint density at radius 2 is 1.80 bits per heavy atom. The number of likely N-dealkylation sites (N-methyl/N-ethyl adjacent to an activating group) is 1. The van der Waals surface area contributed by atoms with Crippen molar-refractivity contribution in [3.05, 3.63) is 47.7 Å². The molecular weight excluding hydrogens is 318 g/mol. The van der Waals surface area contributed by atoms with Gasteiger partial charge in [-0.1, -0.05) is 18.2 Å². The molecular formula is C18H19N5O2. The van der Waals surface area contributed by atoms with Gasteiger partial charge in [0.05, 0.1) is 6.42 Å². The van der Waals surface area contributed by atoms with Crippen molar-refractivity contribution in [3.63, 3.8) is 0 Å². The summed E-state index contributed by atoms with van der Waals surface area (Å²) in [7, 11) is 1.74. The van der Waals surface area contributed by atoms with Gasteiger partial charge in [-0.3, -0.25) is 14.5 Å². The zero-order chi connectivity index (χ0) is 17.4. The van der Waals surface area contributed by atoms with Gasteiger partial charge in [-0.25, -0.2) is 4.98 Å². The first-order chi connectivity index (χ1) is 12.1. The second-order valence-electron chi connectivity index (χ2n) is 6.29. The van der Waals surface area contributed by atoms with Crippen molar-refractivity contribution in [2.24, 2.45) is 0 Å². The van der Waals surface area contributed by atoms with Crippen molar-refractivity contribution < 1.29 is 9.59 Å². The molecule has 0 atom stereocenters. The normalized spacial score (nSPS) is 17.0. The molecule has 0 saturated carbocycles. The molecule has 1 fully saturated rings. The molecule has 7 heteroatoms. The molecule has 0 aliphatic carbocycles. The summed E-state index contributed by atoms with van der Waals surface area (Å²) in [6.07, 6.45) is 2.10. The number of aromatic nitrogens is 2. The number of carbonyl (C=O) groups is 2. The van der Waals surface area contributed by atoms with Gasteiger partial charge in [0.25, 0.3) is 5.91 Å². The highest BCUT2D eigenvalue weighted by molar-refractivity contribution is 5.99. The smallest absolute Gasteiger partial charge is 0.253 e. The average molecular weight is 337 g/mol. The van der Waals surface area contributed by atoms with Gasteiger partial charge in [-0.05, 0) is 12.1 Å². The molecule has 0 spiro atoms. The van der Waals surface area contributed by atoms with Crippen molar-refractivity contribution in [1.82, 2.24) is 14.9 Å². The summed E-state index contributed by atoms with van der Waals surface area (Å²) in [5.74, 6) is 1.41. The minimum absolute atomic E-state index is 0.0414. The third kappa shape index (κ3) is 2.82. The van der Waals surface area contributed by atoms with E-state index in [-0.39, 0.29) is 11.8 Å². The first kappa shape index (κ1) is 15.6. The molecule has 128 valence electrons. The van der Waals surface area contributed by atoms with Crippen LogP contribution in [0.5, 0.6) is 0 Å². The van der Waals surface area contributed by atoms with Gasteiger partial charge in [0.2, 0.25) is 11.9 Å². The summed E-state index contributed by atoms with van der Waals surface area (Å²) in [6.45, 7) is 2.61. The van der Waals surface area contributed by atoms with Crippen LogP contribution < -0.4 is 9.80 Å². The highest BCUT2D eigenvalue weighted by Gasteiger charge is 2.28. The Bertz CT molecular complexity index is 815. The van der Waals surface area contributed by atoms with E-state index in [0.29, 0.717) is 49.9 Å². The van der Waals surface area contributed by atoms with Crippen molar-refractivity contribution >= 4 is 23.6 Å². The molecule has 2 aromatic rings. The molecule has 0 bridgehead atoms. The van der Waals surface area contributed by atoms with Crippen LogP contribution in [-0.4, -0.2) is 59.9 Å². The minimum Gasteiger partial charge on any atom is -0.337 e. The van der Waals surface area contributed by atoms with Gasteiger partial charge >= 0.3 is 0 Å². The van der Waals surface area contributed by atoms with Crippen LogP contribution >= 0.6 is 0 Å². The molecule has 1 aromatic carbocycles. The molecule has 4 rings (SSSR count). The maximum Gasteiger partial charge on any atom is 0.253 e. The van der Waals surface area contributed by atoms with Gasteiger partial charge in [-0.2, -0.15) is 4.98 Å². The predicted molar refractivity (Wildman–Crippen MR) is 93.7 cm³/mol. The number of rotatable bonds is 2. The van der Waals surface area contributed by atoms with Crippen LogP contribution in [-0.2, 0) is 11.2 Å². The predicted octanol–water partition coefficient (Wildman–Crippen LogP) is 0.958. The van der Waals surface area contributed by atoms with Gasteiger partial charge in [0, 0.05) is 50.6 Å². The third-order valence-corrected chi connectivity index (χ3v) is 4.73. The lowest BCUT2D eigenvalue weighted by Gasteiger charge is -2.35. The topological polar surface area (TPSA) is 69.6 Å². The molecule has 3 heterocycles. The average Bonchev–Trinajstić information content (AvgIpc) is 2.95. The van der Waals surface area contributed by atoms with E-state index in [9.17, 15) is 9.59 Å². The van der Waals surface area contributed by atoms with Crippen LogP contribution in [0, 0.1) is 0 Å². The molecule has 1 saturated heterocycles. The number of piperazine rings is 1. The maximum absolute atomic E-state index is 12.5. The summed E-state index contributed by atoms with van der Waals surface area (Å²) < 4.78 is 0. The lowest BCUT2D eigenvalue weighted by molar-refractivity contribution is -0.117. The summed E-state index contributed by atoms with van der Waals surface area (Å²) in [4.78, 5) is 38.7. The Balaban J connectivity index is 1.44. The van der Waals surface area contributed by atoms with Gasteiger partial charge < -0.3 is 9.80 Å². The lowest BCUT2D eigenvalue weighted by atomic mass is 10.2. The monoisotopic (exact) mass is 337 g/mol. The van der Waals surface area contributed by atoms with Crippen LogP contribution in [0.25, 0.3) is 0 Å². The summed E-state index contributed by atoms with van der Waals surface area (Å²) in [5.41, 5.74) is 1.58. The Hall–Kier alpha value is -2.96. The molecule has 2 amide bonds. The molecule has 2 aliphatic heterocycles. The highest BCUT2D eigenvalue weighted by atomic mass is 16.2. The van der Waals surface area contributed by atoms with E-state index < -0.39 is 0 Å². The SMILES string of the molecule is CN1C(=O)Cc2cnc(N3CCN(C(=O)c4ccccc4)CC3)nc21. The van der Waals surface area contributed by atoms with Crippen LogP contribution in [0.2, 0.25) is 0 Å².